The number of primary amides is 1. The lowest BCUT2D eigenvalue weighted by Gasteiger charge is -2.25. The number of rotatable bonds is 5. The maximum Gasteiger partial charge on any atom is 0.326 e. The number of nitrogens with two attached hydrogens (primary N) is 1. The number of nitrogens with zero attached hydrogens (tertiary/aromatic N) is 1. The molecule has 0 spiro atoms. The van der Waals surface area contributed by atoms with Crippen LogP contribution in [0.5, 0.6) is 0 Å². The number of aliphatic carboxylic acids is 1. The molecule has 1 fully saturated rings. The highest BCUT2D eigenvalue weighted by molar-refractivity contribution is 5.88. The molecular formula is C12H21N3O4. The molecule has 1 aliphatic heterocycles. The van der Waals surface area contributed by atoms with Crippen molar-refractivity contribution in [2.24, 2.45) is 11.7 Å². The van der Waals surface area contributed by atoms with Gasteiger partial charge in [0.2, 0.25) is 5.91 Å². The van der Waals surface area contributed by atoms with Crippen LogP contribution in [-0.2, 0) is 9.59 Å². The summed E-state index contributed by atoms with van der Waals surface area (Å²) in [5, 5.41) is 11.5. The zero-order chi connectivity index (χ0) is 14.6. The Kier molecular flexibility index (Phi) is 5.14. The van der Waals surface area contributed by atoms with Crippen molar-refractivity contribution in [1.82, 2.24) is 10.2 Å². The molecule has 0 bridgehead atoms. The van der Waals surface area contributed by atoms with E-state index in [4.69, 9.17) is 10.8 Å². The van der Waals surface area contributed by atoms with Gasteiger partial charge in [-0.2, -0.15) is 0 Å². The number of carbonyl (C=O) groups excluding carboxylic acids is 2. The first-order chi connectivity index (χ1) is 8.82. The molecule has 0 aromatic carbocycles. The van der Waals surface area contributed by atoms with E-state index >= 15 is 0 Å². The molecular weight excluding hydrogens is 250 g/mol. The first-order valence-electron chi connectivity index (χ1n) is 6.42. The normalized spacial score (nSPS) is 20.4. The van der Waals surface area contributed by atoms with Crippen LogP contribution in [0.3, 0.4) is 0 Å². The van der Waals surface area contributed by atoms with Crippen LogP contribution >= 0.6 is 0 Å². The van der Waals surface area contributed by atoms with Crippen molar-refractivity contribution in [3.63, 3.8) is 0 Å². The van der Waals surface area contributed by atoms with Gasteiger partial charge in [-0.25, -0.2) is 9.59 Å². The molecule has 2 atom stereocenters. The quantitative estimate of drug-likeness (QED) is 0.660. The smallest absolute Gasteiger partial charge is 0.326 e. The molecule has 108 valence electrons. The van der Waals surface area contributed by atoms with Crippen molar-refractivity contribution in [2.45, 2.75) is 45.2 Å². The van der Waals surface area contributed by atoms with Gasteiger partial charge in [-0.3, -0.25) is 4.79 Å². The average Bonchev–Trinajstić information content (AvgIpc) is 2.76. The molecule has 0 radical (unpaired) electrons. The Hall–Kier alpha value is -1.79. The Bertz CT molecular complexity index is 370. The Morgan fingerprint density at radius 2 is 2.05 bits per heavy atom. The summed E-state index contributed by atoms with van der Waals surface area (Å²) in [7, 11) is 0. The van der Waals surface area contributed by atoms with Crippen LogP contribution in [0.25, 0.3) is 0 Å². The zero-order valence-electron chi connectivity index (χ0n) is 11.3. The van der Waals surface area contributed by atoms with Gasteiger partial charge in [0.25, 0.3) is 0 Å². The third-order valence-electron chi connectivity index (χ3n) is 3.14. The number of carbonyl (C=O) groups is 3. The highest BCUT2D eigenvalue weighted by atomic mass is 16.4. The van der Waals surface area contributed by atoms with Crippen molar-refractivity contribution in [2.75, 3.05) is 6.54 Å². The van der Waals surface area contributed by atoms with E-state index in [1.54, 1.807) is 0 Å². The van der Waals surface area contributed by atoms with E-state index in [2.05, 4.69) is 5.32 Å². The van der Waals surface area contributed by atoms with Crippen LogP contribution in [0, 0.1) is 5.92 Å². The highest BCUT2D eigenvalue weighted by Gasteiger charge is 2.34. The second-order valence-electron chi connectivity index (χ2n) is 5.22. The van der Waals surface area contributed by atoms with Gasteiger partial charge >= 0.3 is 12.0 Å². The first-order valence-corrected chi connectivity index (χ1v) is 6.42. The van der Waals surface area contributed by atoms with E-state index < -0.39 is 30.0 Å². The zero-order valence-corrected chi connectivity index (χ0v) is 11.3. The number of carboxylic acid groups (broad SMARTS) is 1. The van der Waals surface area contributed by atoms with E-state index in [-0.39, 0.29) is 5.92 Å². The Labute approximate surface area is 112 Å². The molecule has 2 unspecified atom stereocenters. The number of hydrogen-bond acceptors (Lipinski definition) is 3. The Balaban J connectivity index is 2.66. The fourth-order valence-corrected chi connectivity index (χ4v) is 2.23. The summed E-state index contributed by atoms with van der Waals surface area (Å²) in [6.07, 6.45) is 1.57. The molecule has 1 heterocycles. The van der Waals surface area contributed by atoms with E-state index in [1.807, 2.05) is 13.8 Å². The van der Waals surface area contributed by atoms with Crippen LogP contribution in [0.4, 0.5) is 4.79 Å². The third-order valence-corrected chi connectivity index (χ3v) is 3.14. The number of urea groups is 1. The molecule has 0 aromatic rings. The predicted molar refractivity (Wildman–Crippen MR) is 68.3 cm³/mol. The minimum Gasteiger partial charge on any atom is -0.480 e. The molecule has 19 heavy (non-hydrogen) atoms. The summed E-state index contributed by atoms with van der Waals surface area (Å²) < 4.78 is 0. The Morgan fingerprint density at radius 3 is 2.53 bits per heavy atom. The fourth-order valence-electron chi connectivity index (χ4n) is 2.23. The van der Waals surface area contributed by atoms with Gasteiger partial charge in [0.15, 0.2) is 0 Å². The lowest BCUT2D eigenvalue weighted by molar-refractivity contribution is -0.139. The first kappa shape index (κ1) is 15.3. The number of hydrogen-bond donors (Lipinski definition) is 3. The van der Waals surface area contributed by atoms with Crippen molar-refractivity contribution < 1.29 is 19.5 Å². The molecule has 1 aliphatic rings. The molecule has 3 amide bonds. The molecule has 7 heteroatoms. The van der Waals surface area contributed by atoms with E-state index in [0.29, 0.717) is 25.8 Å². The summed E-state index contributed by atoms with van der Waals surface area (Å²) in [6, 6.07) is -2.11. The van der Waals surface area contributed by atoms with Gasteiger partial charge in [-0.05, 0) is 25.2 Å². The van der Waals surface area contributed by atoms with Crippen LogP contribution in [0.1, 0.15) is 33.1 Å². The molecule has 4 N–H and O–H groups in total. The number of amides is 3. The Morgan fingerprint density at radius 1 is 1.42 bits per heavy atom. The van der Waals surface area contributed by atoms with Crippen molar-refractivity contribution in [3.05, 3.63) is 0 Å². The lowest BCUT2D eigenvalue weighted by Crippen LogP contribution is -2.52. The van der Waals surface area contributed by atoms with E-state index in [9.17, 15) is 14.4 Å². The van der Waals surface area contributed by atoms with Gasteiger partial charge in [-0.15, -0.1) is 0 Å². The number of likely N-dealkylation sites (tertiary alicyclic amines) is 1. The van der Waals surface area contributed by atoms with Crippen molar-refractivity contribution >= 4 is 17.9 Å². The molecule has 7 nitrogen and oxygen atoms in total. The minimum absolute atomic E-state index is 0.145. The van der Waals surface area contributed by atoms with Gasteiger partial charge in [0.05, 0.1) is 0 Å². The van der Waals surface area contributed by atoms with Crippen LogP contribution < -0.4 is 11.1 Å². The predicted octanol–water partition coefficient (Wildman–Crippen LogP) is 0.145. The molecule has 0 aliphatic carbocycles. The van der Waals surface area contributed by atoms with Crippen LogP contribution in [-0.4, -0.2) is 46.5 Å². The summed E-state index contributed by atoms with van der Waals surface area (Å²) in [4.78, 5) is 35.6. The van der Waals surface area contributed by atoms with Crippen molar-refractivity contribution in [1.29, 1.82) is 0 Å². The molecule has 1 saturated heterocycles. The summed E-state index contributed by atoms with van der Waals surface area (Å²) in [5.41, 5.74) is 5.22. The van der Waals surface area contributed by atoms with Gasteiger partial charge in [0, 0.05) is 6.54 Å². The molecule has 0 saturated carbocycles. The molecule has 1 rings (SSSR count). The summed E-state index contributed by atoms with van der Waals surface area (Å²) in [5.74, 6) is -1.48. The topological polar surface area (TPSA) is 113 Å². The SMILES string of the molecule is CC(C)CC(NC(=O)N1CCCC1C(N)=O)C(=O)O. The van der Waals surface area contributed by atoms with E-state index in [0.717, 1.165) is 0 Å². The van der Waals surface area contributed by atoms with Crippen LogP contribution in [0.15, 0.2) is 0 Å². The second-order valence-corrected chi connectivity index (χ2v) is 5.22. The standard InChI is InChI=1S/C12H21N3O4/c1-7(2)6-8(11(17)18)14-12(19)15-5-3-4-9(15)10(13)16/h7-9H,3-6H2,1-2H3,(H2,13,16)(H,14,19)(H,17,18). The second kappa shape index (κ2) is 6.40. The van der Waals surface area contributed by atoms with Gasteiger partial charge in [0.1, 0.15) is 12.1 Å². The lowest BCUT2D eigenvalue weighted by atomic mass is 10.0. The third kappa shape index (κ3) is 4.11. The number of nitrogens with one attached hydrogen (secondary N) is 1. The maximum absolute atomic E-state index is 12.0. The minimum atomic E-state index is -1.07. The largest absolute Gasteiger partial charge is 0.480 e. The average molecular weight is 271 g/mol. The number of carboxylic acids is 1. The van der Waals surface area contributed by atoms with Crippen molar-refractivity contribution in [3.8, 4) is 0 Å². The highest BCUT2D eigenvalue weighted by Crippen LogP contribution is 2.17. The maximum atomic E-state index is 12.0. The van der Waals surface area contributed by atoms with E-state index in [1.165, 1.54) is 4.90 Å². The summed E-state index contributed by atoms with van der Waals surface area (Å²) >= 11 is 0. The van der Waals surface area contributed by atoms with Crippen LogP contribution in [0.2, 0.25) is 0 Å². The summed E-state index contributed by atoms with van der Waals surface area (Å²) in [6.45, 7) is 4.18. The van der Waals surface area contributed by atoms with Gasteiger partial charge in [-0.1, -0.05) is 13.8 Å². The monoisotopic (exact) mass is 271 g/mol. The van der Waals surface area contributed by atoms with Gasteiger partial charge < -0.3 is 21.1 Å². The molecule has 0 aromatic heterocycles. The fraction of sp³-hybridized carbons (Fsp3) is 0.750.